The van der Waals surface area contributed by atoms with E-state index in [0.29, 0.717) is 12.2 Å². The lowest BCUT2D eigenvalue weighted by atomic mass is 10.3. The molecular weight excluding hydrogens is 283 g/mol. The summed E-state index contributed by atoms with van der Waals surface area (Å²) in [4.78, 5) is 15.5. The van der Waals surface area contributed by atoms with E-state index in [1.54, 1.807) is 6.07 Å². The van der Waals surface area contributed by atoms with Gasteiger partial charge in [0.15, 0.2) is 0 Å². The van der Waals surface area contributed by atoms with Gasteiger partial charge < -0.3 is 5.32 Å². The van der Waals surface area contributed by atoms with Crippen molar-refractivity contribution in [3.05, 3.63) is 36.4 Å². The number of carbonyl (C=O) groups excluding carboxylic acids is 1. The Labute approximate surface area is 117 Å². The quantitative estimate of drug-likeness (QED) is 0.899. The number of carbonyl (C=O) groups is 1. The monoisotopic (exact) mass is 296 g/mol. The SMILES string of the molecule is C[S@@](=O)c1ncn(CCC(=O)Nc2cccc(F)c2)n1. The van der Waals surface area contributed by atoms with Crippen molar-refractivity contribution in [3.63, 3.8) is 0 Å². The molecule has 1 atom stereocenters. The number of halogens is 1. The topological polar surface area (TPSA) is 76.9 Å². The van der Waals surface area contributed by atoms with Crippen LogP contribution >= 0.6 is 0 Å². The van der Waals surface area contributed by atoms with Crippen LogP contribution in [0.15, 0.2) is 35.7 Å². The molecule has 0 aliphatic carbocycles. The fourth-order valence-corrected chi connectivity index (χ4v) is 1.94. The van der Waals surface area contributed by atoms with Crippen molar-refractivity contribution in [1.82, 2.24) is 14.8 Å². The molecule has 2 rings (SSSR count). The maximum atomic E-state index is 12.9. The Kier molecular flexibility index (Phi) is 4.57. The van der Waals surface area contributed by atoms with Crippen molar-refractivity contribution in [2.24, 2.45) is 0 Å². The summed E-state index contributed by atoms with van der Waals surface area (Å²) in [6.45, 7) is 0.311. The first kappa shape index (κ1) is 14.3. The van der Waals surface area contributed by atoms with Crippen molar-refractivity contribution in [2.75, 3.05) is 11.6 Å². The maximum Gasteiger partial charge on any atom is 0.238 e. The van der Waals surface area contributed by atoms with E-state index < -0.39 is 16.6 Å². The highest BCUT2D eigenvalue weighted by Gasteiger charge is 2.07. The molecule has 0 saturated heterocycles. The molecule has 1 N–H and O–H groups in total. The molecule has 0 bridgehead atoms. The van der Waals surface area contributed by atoms with Crippen LogP contribution in [0.2, 0.25) is 0 Å². The Bertz CT molecular complexity index is 644. The van der Waals surface area contributed by atoms with Gasteiger partial charge in [0, 0.05) is 18.4 Å². The minimum absolute atomic E-state index is 0.162. The zero-order valence-corrected chi connectivity index (χ0v) is 11.6. The summed E-state index contributed by atoms with van der Waals surface area (Å²) >= 11 is 0. The van der Waals surface area contributed by atoms with Crippen molar-refractivity contribution in [3.8, 4) is 0 Å². The fourth-order valence-electron chi connectivity index (χ4n) is 1.52. The highest BCUT2D eigenvalue weighted by Crippen LogP contribution is 2.09. The zero-order chi connectivity index (χ0) is 14.5. The number of aryl methyl sites for hydroxylation is 1. The van der Waals surface area contributed by atoms with Crippen LogP contribution in [0.4, 0.5) is 10.1 Å². The van der Waals surface area contributed by atoms with Gasteiger partial charge >= 0.3 is 0 Å². The average Bonchev–Trinajstić information content (AvgIpc) is 2.85. The second kappa shape index (κ2) is 6.38. The van der Waals surface area contributed by atoms with E-state index in [4.69, 9.17) is 0 Å². The molecule has 1 aromatic carbocycles. The van der Waals surface area contributed by atoms with E-state index >= 15 is 0 Å². The van der Waals surface area contributed by atoms with Gasteiger partial charge in [0.05, 0.1) is 17.3 Å². The van der Waals surface area contributed by atoms with E-state index in [-0.39, 0.29) is 17.5 Å². The lowest BCUT2D eigenvalue weighted by molar-refractivity contribution is -0.116. The number of benzene rings is 1. The average molecular weight is 296 g/mol. The number of aromatic nitrogens is 3. The number of hydrogen-bond donors (Lipinski definition) is 1. The van der Waals surface area contributed by atoms with E-state index in [9.17, 15) is 13.4 Å². The Morgan fingerprint density at radius 3 is 2.95 bits per heavy atom. The van der Waals surface area contributed by atoms with Crippen molar-refractivity contribution in [2.45, 2.75) is 18.1 Å². The highest BCUT2D eigenvalue weighted by atomic mass is 32.2. The predicted octanol–water partition coefficient (Wildman–Crippen LogP) is 1.18. The molecule has 8 heteroatoms. The van der Waals surface area contributed by atoms with Gasteiger partial charge in [-0.05, 0) is 18.2 Å². The molecule has 106 valence electrons. The Morgan fingerprint density at radius 2 is 2.30 bits per heavy atom. The third-order valence-corrected chi connectivity index (χ3v) is 3.15. The fraction of sp³-hybridized carbons (Fsp3) is 0.250. The van der Waals surface area contributed by atoms with E-state index in [2.05, 4.69) is 15.4 Å². The third kappa shape index (κ3) is 3.95. The molecule has 0 unspecified atom stereocenters. The molecule has 2 aromatic rings. The standard InChI is InChI=1S/C12H13FN4O2S/c1-20(19)12-14-8-17(16-12)6-5-11(18)15-10-4-2-3-9(13)7-10/h2-4,7-8H,5-6H2,1H3,(H,15,18)/t20-/m1/s1. The molecule has 1 aromatic heterocycles. The number of nitrogens with one attached hydrogen (secondary N) is 1. The molecule has 6 nitrogen and oxygen atoms in total. The van der Waals surface area contributed by atoms with Crippen LogP contribution in [0.3, 0.4) is 0 Å². The van der Waals surface area contributed by atoms with Gasteiger partial charge in [-0.3, -0.25) is 13.7 Å². The third-order valence-electron chi connectivity index (χ3n) is 2.45. The van der Waals surface area contributed by atoms with Crippen molar-refractivity contribution in [1.29, 1.82) is 0 Å². The minimum atomic E-state index is -1.24. The van der Waals surface area contributed by atoms with Crippen LogP contribution in [0.1, 0.15) is 6.42 Å². The molecule has 20 heavy (non-hydrogen) atoms. The molecule has 0 saturated carbocycles. The number of hydrogen-bond acceptors (Lipinski definition) is 4. The van der Waals surface area contributed by atoms with Crippen LogP contribution in [0, 0.1) is 5.82 Å². The summed E-state index contributed by atoms with van der Waals surface area (Å²) in [5, 5.41) is 6.78. The normalized spacial score (nSPS) is 12.1. The molecule has 0 spiro atoms. The molecule has 1 amide bonds. The summed E-state index contributed by atoms with van der Waals surface area (Å²) in [6, 6.07) is 5.67. The number of anilines is 1. The van der Waals surface area contributed by atoms with Gasteiger partial charge in [-0.15, -0.1) is 5.10 Å². The van der Waals surface area contributed by atoms with E-state index in [1.807, 2.05) is 0 Å². The summed E-state index contributed by atoms with van der Waals surface area (Å²) in [6.07, 6.45) is 3.07. The largest absolute Gasteiger partial charge is 0.326 e. The summed E-state index contributed by atoms with van der Waals surface area (Å²) in [5.41, 5.74) is 0.406. The molecule has 0 aliphatic heterocycles. The lowest BCUT2D eigenvalue weighted by Crippen LogP contribution is -2.15. The second-order valence-corrected chi connectivity index (χ2v) is 5.33. The Morgan fingerprint density at radius 1 is 1.50 bits per heavy atom. The highest BCUT2D eigenvalue weighted by molar-refractivity contribution is 7.84. The van der Waals surface area contributed by atoms with Crippen molar-refractivity contribution >= 4 is 22.4 Å². The summed E-state index contributed by atoms with van der Waals surface area (Å²) < 4.78 is 25.5. The van der Waals surface area contributed by atoms with Gasteiger partial charge in [-0.1, -0.05) is 6.07 Å². The van der Waals surface area contributed by atoms with Crippen molar-refractivity contribution < 1.29 is 13.4 Å². The van der Waals surface area contributed by atoms with Crippen LogP contribution in [0.5, 0.6) is 0 Å². The van der Waals surface area contributed by atoms with Gasteiger partial charge in [0.25, 0.3) is 0 Å². The molecule has 0 aliphatic rings. The van der Waals surface area contributed by atoms with Gasteiger partial charge in [-0.25, -0.2) is 9.37 Å². The van der Waals surface area contributed by atoms with Crippen LogP contribution < -0.4 is 5.32 Å². The number of rotatable bonds is 5. The Balaban J connectivity index is 1.87. The summed E-state index contributed by atoms with van der Waals surface area (Å²) in [7, 11) is -1.24. The van der Waals surface area contributed by atoms with Crippen LogP contribution in [0.25, 0.3) is 0 Å². The maximum absolute atomic E-state index is 12.9. The second-order valence-electron chi connectivity index (χ2n) is 4.05. The van der Waals surface area contributed by atoms with Gasteiger partial charge in [-0.2, -0.15) is 0 Å². The number of amides is 1. The minimum Gasteiger partial charge on any atom is -0.326 e. The van der Waals surface area contributed by atoms with E-state index in [0.717, 1.165) is 0 Å². The molecule has 0 radical (unpaired) electrons. The first-order valence-corrected chi connectivity index (χ1v) is 7.38. The first-order valence-electron chi connectivity index (χ1n) is 5.83. The first-order chi connectivity index (χ1) is 9.54. The predicted molar refractivity (Wildman–Crippen MR) is 72.0 cm³/mol. The van der Waals surface area contributed by atoms with Crippen LogP contribution in [-0.4, -0.2) is 31.1 Å². The van der Waals surface area contributed by atoms with Crippen LogP contribution in [-0.2, 0) is 22.1 Å². The van der Waals surface area contributed by atoms with Gasteiger partial charge in [0.2, 0.25) is 11.1 Å². The zero-order valence-electron chi connectivity index (χ0n) is 10.7. The molecule has 0 fully saturated rings. The Hall–Kier alpha value is -2.09. The molecular formula is C12H13FN4O2S. The lowest BCUT2D eigenvalue weighted by Gasteiger charge is -2.05. The molecule has 1 heterocycles. The van der Waals surface area contributed by atoms with Gasteiger partial charge in [0.1, 0.15) is 12.1 Å². The smallest absolute Gasteiger partial charge is 0.238 e. The summed E-state index contributed by atoms with van der Waals surface area (Å²) in [5.74, 6) is -0.667. The number of nitrogens with zero attached hydrogens (tertiary/aromatic N) is 3. The van der Waals surface area contributed by atoms with E-state index in [1.165, 1.54) is 35.5 Å².